The van der Waals surface area contributed by atoms with Gasteiger partial charge in [-0.15, -0.1) is 0 Å². The van der Waals surface area contributed by atoms with Crippen molar-refractivity contribution in [3.05, 3.63) is 34.9 Å². The van der Waals surface area contributed by atoms with Crippen molar-refractivity contribution in [1.82, 2.24) is 10.2 Å². The molecule has 1 aromatic carbocycles. The van der Waals surface area contributed by atoms with Gasteiger partial charge in [0.1, 0.15) is 0 Å². The zero-order valence-corrected chi connectivity index (χ0v) is 14.2. The van der Waals surface area contributed by atoms with E-state index in [2.05, 4.69) is 43.1 Å². The van der Waals surface area contributed by atoms with E-state index in [1.54, 1.807) is 0 Å². The van der Waals surface area contributed by atoms with Gasteiger partial charge >= 0.3 is 0 Å². The molecule has 2 unspecified atom stereocenters. The summed E-state index contributed by atoms with van der Waals surface area (Å²) in [4.78, 5) is 2.69. The van der Waals surface area contributed by atoms with Crippen LogP contribution in [-0.4, -0.2) is 29.1 Å². The average Bonchev–Trinajstić information content (AvgIpc) is 3.31. The van der Waals surface area contributed by atoms with Crippen LogP contribution in [0.4, 0.5) is 0 Å². The van der Waals surface area contributed by atoms with Crippen LogP contribution in [0.15, 0.2) is 24.3 Å². The minimum Gasteiger partial charge on any atom is -0.308 e. The van der Waals surface area contributed by atoms with Crippen LogP contribution in [0.2, 0.25) is 5.02 Å². The van der Waals surface area contributed by atoms with Crippen LogP contribution in [0.5, 0.6) is 0 Å². The fraction of sp³-hybridized carbons (Fsp3) is 0.667. The first-order valence-corrected chi connectivity index (χ1v) is 8.58. The molecule has 1 aliphatic carbocycles. The van der Waals surface area contributed by atoms with E-state index in [0.29, 0.717) is 0 Å². The van der Waals surface area contributed by atoms with Crippen LogP contribution >= 0.6 is 11.6 Å². The van der Waals surface area contributed by atoms with Gasteiger partial charge in [0.05, 0.1) is 0 Å². The maximum absolute atomic E-state index is 6.39. The Morgan fingerprint density at radius 1 is 1.29 bits per heavy atom. The van der Waals surface area contributed by atoms with Crippen molar-refractivity contribution in [2.75, 3.05) is 13.1 Å². The minimum atomic E-state index is 0.218. The van der Waals surface area contributed by atoms with Gasteiger partial charge in [0.2, 0.25) is 0 Å². The second kappa shape index (κ2) is 5.57. The highest BCUT2D eigenvalue weighted by Crippen LogP contribution is 2.45. The molecule has 2 aliphatic rings. The van der Waals surface area contributed by atoms with Crippen LogP contribution < -0.4 is 5.32 Å². The molecule has 0 spiro atoms. The highest BCUT2D eigenvalue weighted by Gasteiger charge is 2.50. The highest BCUT2D eigenvalue weighted by atomic mass is 35.5. The third-order valence-electron chi connectivity index (χ3n) is 5.69. The molecule has 1 saturated heterocycles. The van der Waals surface area contributed by atoms with E-state index in [1.165, 1.54) is 18.4 Å². The van der Waals surface area contributed by atoms with Crippen LogP contribution in [0.1, 0.15) is 45.6 Å². The van der Waals surface area contributed by atoms with E-state index in [1.807, 2.05) is 12.1 Å². The SMILES string of the molecule is CCC1(C)CN(Cc2ccccc2Cl)C(C)(C2CC2)CN1. The molecule has 116 valence electrons. The Hall–Kier alpha value is -0.570. The quantitative estimate of drug-likeness (QED) is 0.901. The fourth-order valence-electron chi connectivity index (χ4n) is 3.58. The lowest BCUT2D eigenvalue weighted by Crippen LogP contribution is -2.68. The number of hydrogen-bond acceptors (Lipinski definition) is 2. The molecule has 0 radical (unpaired) electrons. The third-order valence-corrected chi connectivity index (χ3v) is 6.06. The lowest BCUT2D eigenvalue weighted by Gasteiger charge is -2.53. The van der Waals surface area contributed by atoms with Crippen LogP contribution in [0.3, 0.4) is 0 Å². The Labute approximate surface area is 133 Å². The highest BCUT2D eigenvalue weighted by molar-refractivity contribution is 6.31. The van der Waals surface area contributed by atoms with E-state index in [4.69, 9.17) is 11.6 Å². The summed E-state index contributed by atoms with van der Waals surface area (Å²) >= 11 is 6.39. The molecule has 1 aromatic rings. The summed E-state index contributed by atoms with van der Waals surface area (Å²) in [7, 11) is 0. The van der Waals surface area contributed by atoms with Crippen molar-refractivity contribution in [3.8, 4) is 0 Å². The summed E-state index contributed by atoms with van der Waals surface area (Å²) < 4.78 is 0. The first kappa shape index (κ1) is 15.3. The van der Waals surface area contributed by atoms with Crippen LogP contribution in [0.25, 0.3) is 0 Å². The first-order chi connectivity index (χ1) is 9.97. The van der Waals surface area contributed by atoms with E-state index >= 15 is 0 Å². The van der Waals surface area contributed by atoms with E-state index in [-0.39, 0.29) is 11.1 Å². The summed E-state index contributed by atoms with van der Waals surface area (Å²) in [5.41, 5.74) is 1.75. The normalized spacial score (nSPS) is 34.1. The van der Waals surface area contributed by atoms with Crippen molar-refractivity contribution in [1.29, 1.82) is 0 Å². The molecular weight excluding hydrogens is 280 g/mol. The lowest BCUT2D eigenvalue weighted by molar-refractivity contribution is -0.00132. The monoisotopic (exact) mass is 306 g/mol. The second-order valence-corrected chi connectivity index (χ2v) is 7.75. The maximum atomic E-state index is 6.39. The molecule has 1 heterocycles. The molecule has 0 bridgehead atoms. The van der Waals surface area contributed by atoms with Crippen molar-refractivity contribution in [3.63, 3.8) is 0 Å². The van der Waals surface area contributed by atoms with Crippen LogP contribution in [-0.2, 0) is 6.54 Å². The van der Waals surface area contributed by atoms with Gasteiger partial charge in [-0.1, -0.05) is 36.7 Å². The summed E-state index contributed by atoms with van der Waals surface area (Å²) in [6.45, 7) is 10.2. The van der Waals surface area contributed by atoms with Crippen LogP contribution in [0, 0.1) is 5.92 Å². The standard InChI is InChI=1S/C18H27ClN2/c1-4-17(2)13-21(11-14-7-5-6-8-16(14)19)18(3,12-20-17)15-9-10-15/h5-8,15,20H,4,9-13H2,1-3H3. The van der Waals surface area contributed by atoms with Gasteiger partial charge in [0, 0.05) is 35.7 Å². The molecule has 1 aliphatic heterocycles. The topological polar surface area (TPSA) is 15.3 Å². The Morgan fingerprint density at radius 3 is 2.62 bits per heavy atom. The van der Waals surface area contributed by atoms with Gasteiger partial charge in [-0.2, -0.15) is 0 Å². The van der Waals surface area contributed by atoms with E-state index < -0.39 is 0 Å². The molecule has 3 heteroatoms. The summed E-state index contributed by atoms with van der Waals surface area (Å²) in [5, 5.41) is 4.71. The van der Waals surface area contributed by atoms with E-state index in [0.717, 1.165) is 37.0 Å². The Morgan fingerprint density at radius 2 is 2.00 bits per heavy atom. The predicted molar refractivity (Wildman–Crippen MR) is 89.7 cm³/mol. The smallest absolute Gasteiger partial charge is 0.0451 e. The Bertz CT molecular complexity index is 514. The number of benzene rings is 1. The molecule has 2 fully saturated rings. The minimum absolute atomic E-state index is 0.218. The lowest BCUT2D eigenvalue weighted by atomic mass is 9.84. The van der Waals surface area contributed by atoms with Gasteiger partial charge < -0.3 is 5.32 Å². The molecular formula is C18H27ClN2. The molecule has 0 amide bonds. The predicted octanol–water partition coefficient (Wildman–Crippen LogP) is 4.08. The molecule has 0 aromatic heterocycles. The maximum Gasteiger partial charge on any atom is 0.0451 e. The molecule has 2 nitrogen and oxygen atoms in total. The molecule has 21 heavy (non-hydrogen) atoms. The van der Waals surface area contributed by atoms with Gasteiger partial charge in [0.15, 0.2) is 0 Å². The van der Waals surface area contributed by atoms with Gasteiger partial charge in [-0.3, -0.25) is 4.90 Å². The number of piperazine rings is 1. The second-order valence-electron chi connectivity index (χ2n) is 7.35. The number of nitrogens with zero attached hydrogens (tertiary/aromatic N) is 1. The Balaban J connectivity index is 1.85. The number of hydrogen-bond donors (Lipinski definition) is 1. The zero-order chi connectivity index (χ0) is 15.1. The molecule has 2 atom stereocenters. The number of halogens is 1. The average molecular weight is 307 g/mol. The number of nitrogens with one attached hydrogen (secondary N) is 1. The zero-order valence-electron chi connectivity index (χ0n) is 13.5. The fourth-order valence-corrected chi connectivity index (χ4v) is 3.77. The summed E-state index contributed by atoms with van der Waals surface area (Å²) in [5.74, 6) is 0.842. The Kier molecular flexibility index (Phi) is 4.06. The third kappa shape index (κ3) is 2.99. The van der Waals surface area contributed by atoms with Gasteiger partial charge in [0.25, 0.3) is 0 Å². The van der Waals surface area contributed by atoms with Crippen molar-refractivity contribution in [2.45, 2.75) is 57.7 Å². The van der Waals surface area contributed by atoms with Crippen molar-refractivity contribution in [2.24, 2.45) is 5.92 Å². The molecule has 1 N–H and O–H groups in total. The molecule has 1 saturated carbocycles. The largest absolute Gasteiger partial charge is 0.308 e. The van der Waals surface area contributed by atoms with Gasteiger partial charge in [-0.05, 0) is 50.7 Å². The first-order valence-electron chi connectivity index (χ1n) is 8.20. The van der Waals surface area contributed by atoms with Gasteiger partial charge in [-0.25, -0.2) is 0 Å². The number of rotatable bonds is 4. The summed E-state index contributed by atoms with van der Waals surface area (Å²) in [6, 6.07) is 8.28. The summed E-state index contributed by atoms with van der Waals surface area (Å²) in [6.07, 6.45) is 3.91. The van der Waals surface area contributed by atoms with Crippen molar-refractivity contribution < 1.29 is 0 Å². The van der Waals surface area contributed by atoms with Crippen molar-refractivity contribution >= 4 is 11.6 Å². The molecule has 3 rings (SSSR count). The van der Waals surface area contributed by atoms with E-state index in [9.17, 15) is 0 Å².